The van der Waals surface area contributed by atoms with E-state index in [2.05, 4.69) is 4.98 Å². The summed E-state index contributed by atoms with van der Waals surface area (Å²) in [5.74, 6) is 1.16. The van der Waals surface area contributed by atoms with Gasteiger partial charge in [-0.2, -0.15) is 0 Å². The number of thiazole rings is 1. The highest BCUT2D eigenvalue weighted by atomic mass is 32.1. The fourth-order valence-electron chi connectivity index (χ4n) is 2.57. The van der Waals surface area contributed by atoms with Gasteiger partial charge in [0.25, 0.3) is 11.6 Å². The topological polar surface area (TPSA) is 89.5 Å². The van der Waals surface area contributed by atoms with Gasteiger partial charge in [0.1, 0.15) is 10.6 Å². The summed E-state index contributed by atoms with van der Waals surface area (Å²) >= 11 is 1.25. The normalized spacial score (nSPS) is 10.7. The monoisotopic (exact) mass is 371 g/mol. The predicted octanol–water partition coefficient (Wildman–Crippen LogP) is 4.20. The number of aryl methyl sites for hydroxylation is 2. The van der Waals surface area contributed by atoms with Gasteiger partial charge in [-0.05, 0) is 26.0 Å². The third-order valence-electron chi connectivity index (χ3n) is 3.88. The Kier molecular flexibility index (Phi) is 4.85. The summed E-state index contributed by atoms with van der Waals surface area (Å²) in [6.07, 6.45) is 0. The molecule has 0 aliphatic rings. The molecular formula is C18H17N3O4S. The number of nitro benzene ring substituents is 1. The van der Waals surface area contributed by atoms with Crippen molar-refractivity contribution in [2.24, 2.45) is 0 Å². The number of hydrogen-bond donors (Lipinski definition) is 0. The Bertz CT molecular complexity index is 976. The quantitative estimate of drug-likeness (QED) is 0.495. The average molecular weight is 371 g/mol. The number of benzene rings is 1. The molecule has 0 N–H and O–H groups in total. The summed E-state index contributed by atoms with van der Waals surface area (Å²) in [7, 11) is 1.62. The third kappa shape index (κ3) is 3.50. The Morgan fingerprint density at radius 2 is 2.00 bits per heavy atom. The molecule has 1 amide bonds. The molecule has 0 unspecified atom stereocenters. The van der Waals surface area contributed by atoms with Crippen LogP contribution < -0.4 is 0 Å². The molecule has 0 spiro atoms. The van der Waals surface area contributed by atoms with E-state index in [9.17, 15) is 14.9 Å². The Hall–Kier alpha value is -3.00. The summed E-state index contributed by atoms with van der Waals surface area (Å²) in [6, 6.07) is 10.1. The number of nitro groups is 1. The van der Waals surface area contributed by atoms with E-state index in [4.69, 9.17) is 4.42 Å². The Morgan fingerprint density at radius 3 is 2.65 bits per heavy atom. The standard InChI is InChI=1S/C18H17N3O4S/c1-11-8-9-15(25-11)17-19-12(2)16(26-17)18(22)20(3)10-13-6-4-5-7-14(13)21(23)24/h4-9H,10H2,1-3H3. The number of aromatic nitrogens is 1. The van der Waals surface area contributed by atoms with Crippen LogP contribution >= 0.6 is 11.3 Å². The van der Waals surface area contributed by atoms with Crippen LogP contribution in [-0.4, -0.2) is 27.8 Å². The van der Waals surface area contributed by atoms with Crippen LogP contribution in [0.4, 0.5) is 5.69 Å². The van der Waals surface area contributed by atoms with E-state index in [1.807, 2.05) is 19.1 Å². The molecule has 26 heavy (non-hydrogen) atoms. The molecule has 0 saturated carbocycles. The molecule has 0 aliphatic carbocycles. The van der Waals surface area contributed by atoms with E-state index >= 15 is 0 Å². The van der Waals surface area contributed by atoms with Crippen LogP contribution in [-0.2, 0) is 6.54 Å². The van der Waals surface area contributed by atoms with Crippen LogP contribution in [0.5, 0.6) is 0 Å². The first kappa shape index (κ1) is 17.8. The zero-order valence-corrected chi connectivity index (χ0v) is 15.4. The zero-order valence-electron chi connectivity index (χ0n) is 14.6. The number of carbonyl (C=O) groups is 1. The fourth-order valence-corrected chi connectivity index (χ4v) is 3.60. The lowest BCUT2D eigenvalue weighted by Crippen LogP contribution is -2.26. The minimum absolute atomic E-state index is 0.0000682. The minimum atomic E-state index is -0.442. The molecular weight excluding hydrogens is 354 g/mol. The van der Waals surface area contributed by atoms with Crippen molar-refractivity contribution in [3.63, 3.8) is 0 Å². The van der Waals surface area contributed by atoms with Gasteiger partial charge in [-0.1, -0.05) is 18.2 Å². The Morgan fingerprint density at radius 1 is 1.27 bits per heavy atom. The smallest absolute Gasteiger partial charge is 0.274 e. The summed E-state index contributed by atoms with van der Waals surface area (Å²) in [5, 5.41) is 11.8. The van der Waals surface area contributed by atoms with Crippen LogP contribution in [0.2, 0.25) is 0 Å². The van der Waals surface area contributed by atoms with Crippen molar-refractivity contribution in [3.8, 4) is 10.8 Å². The molecule has 0 saturated heterocycles. The summed E-state index contributed by atoms with van der Waals surface area (Å²) < 4.78 is 5.56. The molecule has 0 aliphatic heterocycles. The molecule has 7 nitrogen and oxygen atoms in total. The fraction of sp³-hybridized carbons (Fsp3) is 0.222. The lowest BCUT2D eigenvalue weighted by atomic mass is 10.1. The Balaban J connectivity index is 1.83. The van der Waals surface area contributed by atoms with Crippen LogP contribution in [0.15, 0.2) is 40.8 Å². The van der Waals surface area contributed by atoms with Gasteiger partial charge < -0.3 is 9.32 Å². The number of furan rings is 1. The van der Waals surface area contributed by atoms with Crippen molar-refractivity contribution >= 4 is 22.9 Å². The maximum absolute atomic E-state index is 12.8. The van der Waals surface area contributed by atoms with Crippen molar-refractivity contribution in [3.05, 3.63) is 68.4 Å². The highest BCUT2D eigenvalue weighted by molar-refractivity contribution is 7.17. The molecule has 2 heterocycles. The molecule has 0 bridgehead atoms. The predicted molar refractivity (Wildman–Crippen MR) is 98.2 cm³/mol. The third-order valence-corrected chi connectivity index (χ3v) is 5.04. The van der Waals surface area contributed by atoms with Gasteiger partial charge in [-0.3, -0.25) is 14.9 Å². The van der Waals surface area contributed by atoms with Crippen molar-refractivity contribution in [1.29, 1.82) is 0 Å². The van der Waals surface area contributed by atoms with Crippen LogP contribution in [0.3, 0.4) is 0 Å². The molecule has 8 heteroatoms. The molecule has 3 aromatic rings. The van der Waals surface area contributed by atoms with Crippen molar-refractivity contribution in [1.82, 2.24) is 9.88 Å². The number of hydrogen-bond acceptors (Lipinski definition) is 6. The number of carbonyl (C=O) groups excluding carboxylic acids is 1. The van der Waals surface area contributed by atoms with Gasteiger partial charge >= 0.3 is 0 Å². The first-order valence-corrected chi connectivity index (χ1v) is 8.70. The second-order valence-electron chi connectivity index (χ2n) is 5.89. The van der Waals surface area contributed by atoms with Crippen molar-refractivity contribution in [2.75, 3.05) is 7.05 Å². The average Bonchev–Trinajstić information content (AvgIpc) is 3.20. The number of nitrogens with zero attached hydrogens (tertiary/aromatic N) is 3. The molecule has 0 atom stereocenters. The molecule has 2 aromatic heterocycles. The molecule has 0 fully saturated rings. The van der Waals surface area contributed by atoms with Crippen molar-refractivity contribution in [2.45, 2.75) is 20.4 Å². The lowest BCUT2D eigenvalue weighted by Gasteiger charge is -2.16. The van der Waals surface area contributed by atoms with Gasteiger partial charge in [-0.15, -0.1) is 11.3 Å². The van der Waals surface area contributed by atoms with Crippen LogP contribution in [0.1, 0.15) is 26.7 Å². The van der Waals surface area contributed by atoms with E-state index in [1.165, 1.54) is 22.3 Å². The second kappa shape index (κ2) is 7.09. The van der Waals surface area contributed by atoms with Gasteiger partial charge in [0, 0.05) is 18.7 Å². The molecule has 3 rings (SSSR count). The maximum Gasteiger partial charge on any atom is 0.274 e. The van der Waals surface area contributed by atoms with E-state index in [-0.39, 0.29) is 18.1 Å². The van der Waals surface area contributed by atoms with Crippen molar-refractivity contribution < 1.29 is 14.1 Å². The Labute approximate surface area is 154 Å². The second-order valence-corrected chi connectivity index (χ2v) is 6.89. The zero-order chi connectivity index (χ0) is 18.8. The largest absolute Gasteiger partial charge is 0.459 e. The SMILES string of the molecule is Cc1ccc(-c2nc(C)c(C(=O)N(C)Cc3ccccc3[N+](=O)[O-])s2)o1. The number of para-hydroxylation sites is 1. The van der Waals surface area contributed by atoms with E-state index in [1.54, 1.807) is 32.2 Å². The van der Waals surface area contributed by atoms with Gasteiger partial charge in [0.2, 0.25) is 0 Å². The molecule has 0 radical (unpaired) electrons. The van der Waals surface area contributed by atoms with E-state index < -0.39 is 4.92 Å². The van der Waals surface area contributed by atoms with E-state index in [0.717, 1.165) is 5.76 Å². The summed E-state index contributed by atoms with van der Waals surface area (Å²) in [5.41, 5.74) is 1.09. The lowest BCUT2D eigenvalue weighted by molar-refractivity contribution is -0.385. The maximum atomic E-state index is 12.8. The molecule has 1 aromatic carbocycles. The highest BCUT2D eigenvalue weighted by Crippen LogP contribution is 2.30. The first-order chi connectivity index (χ1) is 12.4. The summed E-state index contributed by atoms with van der Waals surface area (Å²) in [4.78, 5) is 29.9. The highest BCUT2D eigenvalue weighted by Gasteiger charge is 2.23. The summed E-state index contributed by atoms with van der Waals surface area (Å²) in [6.45, 7) is 3.75. The van der Waals surface area contributed by atoms with Gasteiger partial charge in [0.05, 0.1) is 17.2 Å². The first-order valence-electron chi connectivity index (χ1n) is 7.89. The van der Waals surface area contributed by atoms with Crippen LogP contribution in [0.25, 0.3) is 10.8 Å². The van der Waals surface area contributed by atoms with Crippen LogP contribution in [0, 0.1) is 24.0 Å². The van der Waals surface area contributed by atoms with Gasteiger partial charge in [-0.25, -0.2) is 4.98 Å². The molecule has 134 valence electrons. The van der Waals surface area contributed by atoms with E-state index in [0.29, 0.717) is 26.9 Å². The number of amides is 1. The minimum Gasteiger partial charge on any atom is -0.459 e. The van der Waals surface area contributed by atoms with Gasteiger partial charge in [0.15, 0.2) is 10.8 Å². The number of rotatable bonds is 5.